The molecule has 0 bridgehead atoms. The van der Waals surface area contributed by atoms with Crippen LogP contribution in [0.15, 0.2) is 12.5 Å². The average Bonchev–Trinajstić information content (AvgIpc) is 3.33. The van der Waals surface area contributed by atoms with Crippen molar-refractivity contribution in [3.05, 3.63) is 18.2 Å². The predicted molar refractivity (Wildman–Crippen MR) is 102 cm³/mol. The lowest BCUT2D eigenvalue weighted by molar-refractivity contribution is -0.132. The number of amides is 2. The number of hydrogen-bond donors (Lipinski definition) is 0. The summed E-state index contributed by atoms with van der Waals surface area (Å²) in [6, 6.07) is 0. The molecule has 0 radical (unpaired) electrons. The van der Waals surface area contributed by atoms with Crippen LogP contribution in [-0.4, -0.2) is 81.9 Å². The second kappa shape index (κ2) is 7.62. The zero-order valence-corrected chi connectivity index (χ0v) is 16.4. The van der Waals surface area contributed by atoms with Crippen LogP contribution in [-0.2, 0) is 11.8 Å². The van der Waals surface area contributed by atoms with Crippen molar-refractivity contribution in [2.24, 2.45) is 12.5 Å². The molecule has 3 fully saturated rings. The van der Waals surface area contributed by atoms with Gasteiger partial charge < -0.3 is 14.4 Å². The van der Waals surface area contributed by atoms with E-state index in [1.165, 1.54) is 0 Å². The molecule has 3 aliphatic heterocycles. The normalized spacial score (nSPS) is 26.7. The minimum absolute atomic E-state index is 0.0416. The molecule has 0 aliphatic carbocycles. The fourth-order valence-electron chi connectivity index (χ4n) is 5.10. The number of piperidine rings is 2. The summed E-state index contributed by atoms with van der Waals surface area (Å²) in [6.45, 7) is 5.90. The third-order valence-electron chi connectivity index (χ3n) is 6.43. The Balaban J connectivity index is 1.39. The Morgan fingerprint density at radius 1 is 1.00 bits per heavy atom. The fraction of sp³-hybridized carbons (Fsp3) is 0.750. The van der Waals surface area contributed by atoms with E-state index in [9.17, 15) is 9.59 Å². The van der Waals surface area contributed by atoms with Gasteiger partial charge in [0.25, 0.3) is 5.91 Å². The molecular formula is C20H31N5O2. The molecule has 1 aromatic rings. The Bertz CT molecular complexity index is 692. The van der Waals surface area contributed by atoms with E-state index >= 15 is 0 Å². The number of hydrogen-bond acceptors (Lipinski definition) is 4. The lowest BCUT2D eigenvalue weighted by atomic mass is 9.73. The highest BCUT2D eigenvalue weighted by molar-refractivity contribution is 5.92. The molecule has 7 heteroatoms. The van der Waals surface area contributed by atoms with Gasteiger partial charge in [0.15, 0.2) is 0 Å². The van der Waals surface area contributed by atoms with E-state index in [4.69, 9.17) is 0 Å². The maximum absolute atomic E-state index is 12.8. The first-order chi connectivity index (χ1) is 13.0. The molecule has 3 saturated heterocycles. The standard InChI is InChI=1S/C20H31N5O2/c1-22-12-17(21-16-22)19(27)25-11-5-7-20(15-25)6-4-8-23(14-20)13-18(26)24-9-2-3-10-24/h12,16H,2-11,13-15H2,1H3. The number of imidazole rings is 1. The van der Waals surface area contributed by atoms with Crippen molar-refractivity contribution in [1.82, 2.24) is 24.3 Å². The van der Waals surface area contributed by atoms with Crippen molar-refractivity contribution in [3.8, 4) is 0 Å². The number of carbonyl (C=O) groups excluding carboxylic acids is 2. The number of nitrogens with zero attached hydrogens (tertiary/aromatic N) is 5. The predicted octanol–water partition coefficient (Wildman–Crippen LogP) is 1.36. The largest absolute Gasteiger partial charge is 0.342 e. The van der Waals surface area contributed by atoms with Gasteiger partial charge in [-0.15, -0.1) is 0 Å². The highest BCUT2D eigenvalue weighted by atomic mass is 16.2. The van der Waals surface area contributed by atoms with Crippen LogP contribution in [0.1, 0.15) is 49.0 Å². The van der Waals surface area contributed by atoms with Crippen molar-refractivity contribution in [1.29, 1.82) is 0 Å². The third kappa shape index (κ3) is 4.03. The van der Waals surface area contributed by atoms with Crippen LogP contribution in [0, 0.1) is 5.41 Å². The smallest absolute Gasteiger partial charge is 0.274 e. The summed E-state index contributed by atoms with van der Waals surface area (Å²) in [5, 5.41) is 0. The molecule has 0 saturated carbocycles. The zero-order valence-electron chi connectivity index (χ0n) is 16.4. The van der Waals surface area contributed by atoms with Crippen LogP contribution in [0.5, 0.6) is 0 Å². The molecule has 4 rings (SSSR count). The number of carbonyl (C=O) groups is 2. The third-order valence-corrected chi connectivity index (χ3v) is 6.43. The molecule has 148 valence electrons. The number of aryl methyl sites for hydroxylation is 1. The zero-order chi connectivity index (χ0) is 18.9. The van der Waals surface area contributed by atoms with E-state index < -0.39 is 0 Å². The summed E-state index contributed by atoms with van der Waals surface area (Å²) in [5.74, 6) is 0.321. The van der Waals surface area contributed by atoms with Crippen LogP contribution < -0.4 is 0 Å². The molecule has 1 spiro atoms. The van der Waals surface area contributed by atoms with Gasteiger partial charge in [0.05, 0.1) is 12.9 Å². The van der Waals surface area contributed by atoms with Gasteiger partial charge in [0.1, 0.15) is 5.69 Å². The summed E-state index contributed by atoms with van der Waals surface area (Å²) in [7, 11) is 1.89. The molecule has 4 heterocycles. The van der Waals surface area contributed by atoms with Crippen LogP contribution in [0.25, 0.3) is 0 Å². The van der Waals surface area contributed by atoms with E-state index in [0.717, 1.165) is 77.8 Å². The molecular weight excluding hydrogens is 342 g/mol. The van der Waals surface area contributed by atoms with E-state index in [1.54, 1.807) is 12.5 Å². The van der Waals surface area contributed by atoms with Gasteiger partial charge in [-0.1, -0.05) is 0 Å². The van der Waals surface area contributed by atoms with Gasteiger partial charge in [-0.05, 0) is 45.1 Å². The number of likely N-dealkylation sites (tertiary alicyclic amines) is 3. The molecule has 27 heavy (non-hydrogen) atoms. The highest BCUT2D eigenvalue weighted by Gasteiger charge is 2.41. The summed E-state index contributed by atoms with van der Waals surface area (Å²) in [5.41, 5.74) is 0.665. The first kappa shape index (κ1) is 18.5. The molecule has 1 aromatic heterocycles. The molecule has 0 N–H and O–H groups in total. The van der Waals surface area contributed by atoms with Crippen LogP contribution in [0.2, 0.25) is 0 Å². The van der Waals surface area contributed by atoms with Crippen molar-refractivity contribution >= 4 is 11.8 Å². The lowest BCUT2D eigenvalue weighted by Crippen LogP contribution is -2.55. The van der Waals surface area contributed by atoms with Crippen molar-refractivity contribution in [2.45, 2.75) is 38.5 Å². The summed E-state index contributed by atoms with van der Waals surface area (Å²) in [6.07, 6.45) is 10.2. The van der Waals surface area contributed by atoms with Crippen molar-refractivity contribution < 1.29 is 9.59 Å². The van der Waals surface area contributed by atoms with Crippen LogP contribution >= 0.6 is 0 Å². The molecule has 0 aromatic carbocycles. The molecule has 3 aliphatic rings. The Labute approximate surface area is 161 Å². The quantitative estimate of drug-likeness (QED) is 0.803. The highest BCUT2D eigenvalue weighted by Crippen LogP contribution is 2.38. The first-order valence-corrected chi connectivity index (χ1v) is 10.3. The summed E-state index contributed by atoms with van der Waals surface area (Å²) < 4.78 is 1.82. The van der Waals surface area contributed by atoms with Crippen molar-refractivity contribution in [2.75, 3.05) is 45.8 Å². The maximum atomic E-state index is 12.8. The van der Waals surface area contributed by atoms with E-state index in [2.05, 4.69) is 9.88 Å². The number of aromatic nitrogens is 2. The topological polar surface area (TPSA) is 61.7 Å². The van der Waals surface area contributed by atoms with Gasteiger partial charge >= 0.3 is 0 Å². The molecule has 1 unspecified atom stereocenters. The second-order valence-corrected chi connectivity index (χ2v) is 8.66. The van der Waals surface area contributed by atoms with Crippen LogP contribution in [0.3, 0.4) is 0 Å². The summed E-state index contributed by atoms with van der Waals surface area (Å²) in [4.78, 5) is 36.0. The minimum atomic E-state index is 0.0416. The average molecular weight is 374 g/mol. The lowest BCUT2D eigenvalue weighted by Gasteiger charge is -2.48. The van der Waals surface area contributed by atoms with Crippen molar-refractivity contribution in [3.63, 3.8) is 0 Å². The van der Waals surface area contributed by atoms with Gasteiger partial charge in [0.2, 0.25) is 5.91 Å². The second-order valence-electron chi connectivity index (χ2n) is 8.66. The number of rotatable bonds is 3. The Morgan fingerprint density at radius 2 is 1.70 bits per heavy atom. The Morgan fingerprint density at radius 3 is 2.41 bits per heavy atom. The van der Waals surface area contributed by atoms with Crippen LogP contribution in [0.4, 0.5) is 0 Å². The monoisotopic (exact) mass is 373 g/mol. The first-order valence-electron chi connectivity index (χ1n) is 10.3. The van der Waals surface area contributed by atoms with E-state index in [0.29, 0.717) is 12.2 Å². The maximum Gasteiger partial charge on any atom is 0.274 e. The van der Waals surface area contributed by atoms with Gasteiger partial charge in [0, 0.05) is 51.4 Å². The van der Waals surface area contributed by atoms with Gasteiger partial charge in [-0.3, -0.25) is 14.5 Å². The van der Waals surface area contributed by atoms with E-state index in [1.807, 2.05) is 21.4 Å². The Kier molecular flexibility index (Phi) is 5.21. The van der Waals surface area contributed by atoms with E-state index in [-0.39, 0.29) is 17.2 Å². The minimum Gasteiger partial charge on any atom is -0.342 e. The van der Waals surface area contributed by atoms with Gasteiger partial charge in [-0.2, -0.15) is 0 Å². The molecule has 1 atom stereocenters. The Hall–Kier alpha value is -1.89. The molecule has 2 amide bonds. The molecule has 7 nitrogen and oxygen atoms in total. The summed E-state index contributed by atoms with van der Waals surface area (Å²) >= 11 is 0. The SMILES string of the molecule is Cn1cnc(C(=O)N2CCCC3(CCCN(CC(=O)N4CCCC4)C3)C2)c1. The van der Waals surface area contributed by atoms with Gasteiger partial charge in [-0.25, -0.2) is 4.98 Å². The fourth-order valence-corrected chi connectivity index (χ4v) is 5.10.